The fourth-order valence-electron chi connectivity index (χ4n) is 3.41. The summed E-state index contributed by atoms with van der Waals surface area (Å²) in [7, 11) is 0. The summed E-state index contributed by atoms with van der Waals surface area (Å²) in [6.45, 7) is 1.55. The first kappa shape index (κ1) is 18.5. The van der Waals surface area contributed by atoms with E-state index in [0.717, 1.165) is 5.56 Å². The van der Waals surface area contributed by atoms with Gasteiger partial charge in [0, 0.05) is 12.6 Å². The smallest absolute Gasteiger partial charge is 0.164 e. The summed E-state index contributed by atoms with van der Waals surface area (Å²) in [5.74, 6) is 0.338. The number of nitrogens with zero attached hydrogens (tertiary/aromatic N) is 3. The Morgan fingerprint density at radius 1 is 1.26 bits per heavy atom. The summed E-state index contributed by atoms with van der Waals surface area (Å²) in [4.78, 5) is 8.18. The number of aliphatic hydroxyl groups is 2. The van der Waals surface area contributed by atoms with Crippen molar-refractivity contribution in [2.45, 2.75) is 37.4 Å². The number of ether oxygens (including phenoxy) is 1. The van der Waals surface area contributed by atoms with Gasteiger partial charge in [-0.3, -0.25) is 0 Å². The lowest BCUT2D eigenvalue weighted by Gasteiger charge is -2.26. The molecule has 0 aliphatic carbocycles. The maximum atomic E-state index is 10.9. The third-order valence-electron chi connectivity index (χ3n) is 5.04. The summed E-state index contributed by atoms with van der Waals surface area (Å²) >= 11 is 12.0. The minimum atomic E-state index is -1.48. The molecule has 3 aromatic rings. The summed E-state index contributed by atoms with van der Waals surface area (Å²) < 4.78 is 7.70. The fourth-order valence-corrected chi connectivity index (χ4v) is 3.73. The highest BCUT2D eigenvalue weighted by Gasteiger charge is 2.52. The quantitative estimate of drug-likeness (QED) is 0.614. The van der Waals surface area contributed by atoms with Crippen LogP contribution in [0.4, 0.5) is 5.82 Å². The predicted molar refractivity (Wildman–Crippen MR) is 103 cm³/mol. The number of nitrogens with two attached hydrogens (primary N) is 1. The van der Waals surface area contributed by atoms with E-state index in [1.807, 2.05) is 6.07 Å². The Hall–Kier alpha value is -1.90. The van der Waals surface area contributed by atoms with Crippen molar-refractivity contribution < 1.29 is 14.9 Å². The second-order valence-electron chi connectivity index (χ2n) is 6.86. The molecule has 1 saturated heterocycles. The highest BCUT2D eigenvalue weighted by molar-refractivity contribution is 6.42. The second-order valence-corrected chi connectivity index (χ2v) is 7.67. The fraction of sp³-hybridized carbons (Fsp3) is 0.333. The second kappa shape index (κ2) is 6.61. The van der Waals surface area contributed by atoms with E-state index in [1.54, 1.807) is 35.9 Å². The molecule has 1 fully saturated rings. The SMILES string of the molecule is C[C@@]1(O)[C@@H](Cc2ccc(Cl)c(Cl)c2)O[C@@H](n2ccc3c(N)ncnc32)[C@@H]1O. The van der Waals surface area contributed by atoms with Gasteiger partial charge in [0.15, 0.2) is 6.23 Å². The zero-order valence-corrected chi connectivity index (χ0v) is 15.9. The molecule has 0 bridgehead atoms. The van der Waals surface area contributed by atoms with E-state index in [4.69, 9.17) is 33.7 Å². The van der Waals surface area contributed by atoms with E-state index in [9.17, 15) is 10.2 Å². The molecule has 0 spiro atoms. The van der Waals surface area contributed by atoms with Gasteiger partial charge < -0.3 is 25.3 Å². The van der Waals surface area contributed by atoms with Gasteiger partial charge in [-0.25, -0.2) is 9.97 Å². The topological polar surface area (TPSA) is 106 Å². The molecule has 9 heteroatoms. The lowest BCUT2D eigenvalue weighted by atomic mass is 9.90. The molecule has 4 rings (SSSR count). The van der Waals surface area contributed by atoms with Crippen LogP contribution in [0.1, 0.15) is 18.7 Å². The normalized spacial score (nSPS) is 28.1. The lowest BCUT2D eigenvalue weighted by Crippen LogP contribution is -2.45. The lowest BCUT2D eigenvalue weighted by molar-refractivity contribution is -0.0626. The average Bonchev–Trinajstić information content (AvgIpc) is 3.14. The molecule has 142 valence electrons. The number of aromatic nitrogens is 3. The number of hydrogen-bond acceptors (Lipinski definition) is 6. The van der Waals surface area contributed by atoms with E-state index in [0.29, 0.717) is 33.3 Å². The van der Waals surface area contributed by atoms with Crippen molar-refractivity contribution in [1.82, 2.24) is 14.5 Å². The number of rotatable bonds is 3. The van der Waals surface area contributed by atoms with Gasteiger partial charge in [-0.2, -0.15) is 0 Å². The number of aliphatic hydroxyl groups excluding tert-OH is 1. The Kier molecular flexibility index (Phi) is 4.52. The van der Waals surface area contributed by atoms with Crippen molar-refractivity contribution in [3.05, 3.63) is 52.4 Å². The predicted octanol–water partition coefficient (Wildman–Crippen LogP) is 2.57. The molecule has 1 aromatic carbocycles. The van der Waals surface area contributed by atoms with Gasteiger partial charge in [-0.15, -0.1) is 0 Å². The number of anilines is 1. The first-order valence-corrected chi connectivity index (χ1v) is 9.11. The average molecular weight is 409 g/mol. The van der Waals surface area contributed by atoms with E-state index in [2.05, 4.69) is 9.97 Å². The highest BCUT2D eigenvalue weighted by Crippen LogP contribution is 2.40. The number of nitrogen functional groups attached to an aromatic ring is 1. The maximum Gasteiger partial charge on any atom is 0.164 e. The summed E-state index contributed by atoms with van der Waals surface area (Å²) in [5, 5.41) is 23.2. The van der Waals surface area contributed by atoms with Crippen LogP contribution in [0.5, 0.6) is 0 Å². The monoisotopic (exact) mass is 408 g/mol. The van der Waals surface area contributed by atoms with Gasteiger partial charge in [0.25, 0.3) is 0 Å². The molecule has 7 nitrogen and oxygen atoms in total. The molecular formula is C18H18Cl2N4O3. The standard InChI is InChI=1S/C18H18Cl2N4O3/c1-18(26)13(7-9-2-3-11(19)12(20)6-9)27-17(14(18)25)24-5-4-10-15(21)22-8-23-16(10)24/h2-6,8,13-14,17,25-26H,7H2,1H3,(H2,21,22,23)/t13-,14+,17-,18-/m1/s1. The Balaban J connectivity index is 1.66. The van der Waals surface area contributed by atoms with Crippen molar-refractivity contribution in [2.75, 3.05) is 5.73 Å². The number of halogens is 2. The molecule has 3 heterocycles. The summed E-state index contributed by atoms with van der Waals surface area (Å²) in [5.41, 5.74) is 5.76. The zero-order valence-electron chi connectivity index (χ0n) is 14.4. The van der Waals surface area contributed by atoms with Crippen molar-refractivity contribution in [3.8, 4) is 0 Å². The van der Waals surface area contributed by atoms with E-state index in [1.165, 1.54) is 6.33 Å². The minimum Gasteiger partial charge on any atom is -0.385 e. The molecule has 27 heavy (non-hydrogen) atoms. The van der Waals surface area contributed by atoms with Gasteiger partial charge in [0.1, 0.15) is 29.5 Å². The summed E-state index contributed by atoms with van der Waals surface area (Å²) in [6, 6.07) is 6.98. The molecule has 1 aliphatic heterocycles. The molecule has 4 N–H and O–H groups in total. The van der Waals surface area contributed by atoms with Crippen LogP contribution >= 0.6 is 23.2 Å². The molecule has 4 atom stereocenters. The molecule has 0 saturated carbocycles. The van der Waals surface area contributed by atoms with E-state index < -0.39 is 24.0 Å². The van der Waals surface area contributed by atoms with Crippen molar-refractivity contribution in [3.63, 3.8) is 0 Å². The van der Waals surface area contributed by atoms with E-state index >= 15 is 0 Å². The Labute approximate surface area is 165 Å². The van der Waals surface area contributed by atoms with Crippen LogP contribution in [0.15, 0.2) is 36.8 Å². The molecule has 0 unspecified atom stereocenters. The zero-order chi connectivity index (χ0) is 19.3. The van der Waals surface area contributed by atoms with Crippen molar-refractivity contribution in [2.24, 2.45) is 0 Å². The van der Waals surface area contributed by atoms with Gasteiger partial charge in [-0.1, -0.05) is 29.3 Å². The van der Waals surface area contributed by atoms with Gasteiger partial charge >= 0.3 is 0 Å². The van der Waals surface area contributed by atoms with Crippen LogP contribution in [0.25, 0.3) is 11.0 Å². The Morgan fingerprint density at radius 3 is 2.78 bits per heavy atom. The van der Waals surface area contributed by atoms with Crippen LogP contribution in [-0.4, -0.2) is 42.6 Å². The largest absolute Gasteiger partial charge is 0.385 e. The number of hydrogen-bond donors (Lipinski definition) is 3. The Bertz CT molecular complexity index is 1010. The van der Waals surface area contributed by atoms with Gasteiger partial charge in [0.05, 0.1) is 21.5 Å². The number of fused-ring (bicyclic) bond motifs is 1. The van der Waals surface area contributed by atoms with Crippen LogP contribution in [-0.2, 0) is 11.2 Å². The van der Waals surface area contributed by atoms with Crippen molar-refractivity contribution in [1.29, 1.82) is 0 Å². The van der Waals surface area contributed by atoms with Crippen LogP contribution < -0.4 is 5.73 Å². The molecule has 2 aromatic heterocycles. The first-order valence-electron chi connectivity index (χ1n) is 8.36. The van der Waals surface area contributed by atoms with Crippen LogP contribution in [0.2, 0.25) is 10.0 Å². The highest BCUT2D eigenvalue weighted by atomic mass is 35.5. The van der Waals surface area contributed by atoms with Gasteiger partial charge in [-0.05, 0) is 30.7 Å². The van der Waals surface area contributed by atoms with Crippen molar-refractivity contribution >= 4 is 40.1 Å². The first-order chi connectivity index (χ1) is 12.8. The molecule has 0 radical (unpaired) electrons. The third kappa shape index (κ3) is 3.05. The van der Waals surface area contributed by atoms with Crippen LogP contribution in [0.3, 0.4) is 0 Å². The third-order valence-corrected chi connectivity index (χ3v) is 5.78. The van der Waals surface area contributed by atoms with Crippen LogP contribution in [0, 0.1) is 0 Å². The van der Waals surface area contributed by atoms with E-state index in [-0.39, 0.29) is 0 Å². The number of benzene rings is 1. The molecule has 1 aliphatic rings. The Morgan fingerprint density at radius 2 is 2.04 bits per heavy atom. The molecular weight excluding hydrogens is 391 g/mol. The van der Waals surface area contributed by atoms with Gasteiger partial charge in [0.2, 0.25) is 0 Å². The minimum absolute atomic E-state index is 0.338. The maximum absolute atomic E-state index is 10.9. The summed E-state index contributed by atoms with van der Waals surface area (Å²) in [6.07, 6.45) is 0.763. The molecule has 0 amide bonds.